The van der Waals surface area contributed by atoms with Crippen LogP contribution < -0.4 is 5.32 Å². The summed E-state index contributed by atoms with van der Waals surface area (Å²) in [5.74, 6) is 0. The van der Waals surface area contributed by atoms with E-state index in [0.29, 0.717) is 24.7 Å². The third-order valence-corrected chi connectivity index (χ3v) is 6.06. The van der Waals surface area contributed by atoms with Crippen molar-refractivity contribution in [1.82, 2.24) is 4.31 Å². The molecule has 0 bridgehead atoms. The van der Waals surface area contributed by atoms with E-state index in [2.05, 4.69) is 5.32 Å². The van der Waals surface area contributed by atoms with Gasteiger partial charge < -0.3 is 10.1 Å². The van der Waals surface area contributed by atoms with Crippen molar-refractivity contribution in [2.75, 3.05) is 31.6 Å². The van der Waals surface area contributed by atoms with Crippen LogP contribution in [0.25, 0.3) is 0 Å². The fraction of sp³-hybridized carbons (Fsp3) is 0.571. The standard InChI is InChI=1S/C14H20N2O3S/c1-14(2)10-19-8-7-16(14)20(17,18)12-4-3-11-5-6-15-13(11)9-12/h3-4,9,15H,5-8,10H2,1-2H3. The molecule has 2 aliphatic heterocycles. The fourth-order valence-corrected chi connectivity index (χ4v) is 4.63. The molecule has 0 aromatic heterocycles. The molecule has 0 saturated carbocycles. The van der Waals surface area contributed by atoms with Crippen molar-refractivity contribution in [1.29, 1.82) is 0 Å². The summed E-state index contributed by atoms with van der Waals surface area (Å²) in [5.41, 5.74) is 1.62. The monoisotopic (exact) mass is 296 g/mol. The van der Waals surface area contributed by atoms with Crippen LogP contribution in [-0.4, -0.2) is 44.6 Å². The number of morpholine rings is 1. The van der Waals surface area contributed by atoms with Gasteiger partial charge in [-0.05, 0) is 38.0 Å². The topological polar surface area (TPSA) is 58.6 Å². The first-order valence-corrected chi connectivity index (χ1v) is 8.33. The highest BCUT2D eigenvalue weighted by Crippen LogP contribution is 2.31. The van der Waals surface area contributed by atoms with Crippen LogP contribution in [0.5, 0.6) is 0 Å². The Balaban J connectivity index is 1.99. The molecule has 3 rings (SSSR count). The first-order valence-electron chi connectivity index (χ1n) is 6.89. The minimum atomic E-state index is -3.48. The predicted octanol–water partition coefficient (Wildman–Crippen LogP) is 1.45. The Morgan fingerprint density at radius 1 is 1.35 bits per heavy atom. The van der Waals surface area contributed by atoms with E-state index in [9.17, 15) is 8.42 Å². The zero-order valence-electron chi connectivity index (χ0n) is 11.8. The number of nitrogens with one attached hydrogen (secondary N) is 1. The van der Waals surface area contributed by atoms with Crippen LogP contribution in [0.15, 0.2) is 23.1 Å². The predicted molar refractivity (Wildman–Crippen MR) is 77.4 cm³/mol. The molecule has 0 aliphatic carbocycles. The summed E-state index contributed by atoms with van der Waals surface area (Å²) in [6, 6.07) is 5.38. The lowest BCUT2D eigenvalue weighted by Gasteiger charge is -2.40. The summed E-state index contributed by atoms with van der Waals surface area (Å²) in [6.07, 6.45) is 0.957. The molecule has 1 saturated heterocycles. The van der Waals surface area contributed by atoms with Gasteiger partial charge in [0, 0.05) is 18.8 Å². The minimum Gasteiger partial charge on any atom is -0.384 e. The highest BCUT2D eigenvalue weighted by atomic mass is 32.2. The second-order valence-corrected chi connectivity index (χ2v) is 7.80. The molecule has 20 heavy (non-hydrogen) atoms. The average molecular weight is 296 g/mol. The van der Waals surface area contributed by atoms with Gasteiger partial charge in [0.2, 0.25) is 10.0 Å². The fourth-order valence-electron chi connectivity index (χ4n) is 2.85. The van der Waals surface area contributed by atoms with Gasteiger partial charge in [0.05, 0.1) is 23.6 Å². The molecule has 110 valence electrons. The first-order chi connectivity index (χ1) is 9.41. The number of ether oxygens (including phenoxy) is 1. The van der Waals surface area contributed by atoms with Crippen molar-refractivity contribution in [2.45, 2.75) is 30.7 Å². The summed E-state index contributed by atoms with van der Waals surface area (Å²) in [4.78, 5) is 0.362. The Kier molecular flexibility index (Phi) is 3.27. The number of hydrogen-bond acceptors (Lipinski definition) is 4. The first kappa shape index (κ1) is 13.9. The van der Waals surface area contributed by atoms with Crippen LogP contribution in [0.4, 0.5) is 5.69 Å². The van der Waals surface area contributed by atoms with Crippen molar-refractivity contribution < 1.29 is 13.2 Å². The number of benzene rings is 1. The summed E-state index contributed by atoms with van der Waals surface area (Å²) in [7, 11) is -3.48. The van der Waals surface area contributed by atoms with Crippen molar-refractivity contribution in [3.05, 3.63) is 23.8 Å². The van der Waals surface area contributed by atoms with Crippen molar-refractivity contribution in [3.8, 4) is 0 Å². The van der Waals surface area contributed by atoms with Crippen LogP contribution in [0.2, 0.25) is 0 Å². The van der Waals surface area contributed by atoms with Crippen LogP contribution in [0.1, 0.15) is 19.4 Å². The molecule has 0 atom stereocenters. The SMILES string of the molecule is CC1(C)COCCN1S(=O)(=O)c1ccc2c(c1)NCC2. The molecule has 6 heteroatoms. The molecule has 0 amide bonds. The Morgan fingerprint density at radius 2 is 2.15 bits per heavy atom. The molecule has 0 unspecified atom stereocenters. The molecule has 2 aliphatic rings. The second-order valence-electron chi connectivity index (χ2n) is 5.94. The molecule has 0 spiro atoms. The molecule has 5 nitrogen and oxygen atoms in total. The Hall–Kier alpha value is -1.11. The lowest BCUT2D eigenvalue weighted by molar-refractivity contribution is -0.00770. The third-order valence-electron chi connectivity index (χ3n) is 3.95. The highest BCUT2D eigenvalue weighted by Gasteiger charge is 2.39. The molecule has 1 aromatic rings. The number of nitrogens with zero attached hydrogens (tertiary/aromatic N) is 1. The van der Waals surface area contributed by atoms with Crippen molar-refractivity contribution >= 4 is 15.7 Å². The van der Waals surface area contributed by atoms with Gasteiger partial charge in [0.1, 0.15) is 0 Å². The molecular weight excluding hydrogens is 276 g/mol. The Labute approximate surface area is 120 Å². The summed E-state index contributed by atoms with van der Waals surface area (Å²) < 4.78 is 32.6. The number of fused-ring (bicyclic) bond motifs is 1. The van der Waals surface area contributed by atoms with Crippen LogP contribution in [0, 0.1) is 0 Å². The quantitative estimate of drug-likeness (QED) is 0.897. The largest absolute Gasteiger partial charge is 0.384 e. The molecule has 1 N–H and O–H groups in total. The Morgan fingerprint density at radius 3 is 2.90 bits per heavy atom. The molecule has 1 fully saturated rings. The summed E-state index contributed by atoms with van der Waals surface area (Å²) >= 11 is 0. The van der Waals surface area contributed by atoms with Crippen LogP contribution >= 0.6 is 0 Å². The van der Waals surface area contributed by atoms with Gasteiger partial charge in [-0.3, -0.25) is 0 Å². The highest BCUT2D eigenvalue weighted by molar-refractivity contribution is 7.89. The van der Waals surface area contributed by atoms with Gasteiger partial charge in [-0.15, -0.1) is 0 Å². The van der Waals surface area contributed by atoms with Gasteiger partial charge in [-0.25, -0.2) is 8.42 Å². The van der Waals surface area contributed by atoms with E-state index in [1.165, 1.54) is 5.56 Å². The number of hydrogen-bond donors (Lipinski definition) is 1. The Bertz CT molecular complexity index is 625. The van der Waals surface area contributed by atoms with E-state index in [-0.39, 0.29) is 0 Å². The molecule has 0 radical (unpaired) electrons. The van der Waals surface area contributed by atoms with Gasteiger partial charge in [-0.1, -0.05) is 6.07 Å². The van der Waals surface area contributed by atoms with E-state index in [1.807, 2.05) is 19.9 Å². The lowest BCUT2D eigenvalue weighted by Crippen LogP contribution is -2.55. The van der Waals surface area contributed by atoms with Crippen molar-refractivity contribution in [2.24, 2.45) is 0 Å². The molecule has 2 heterocycles. The van der Waals surface area contributed by atoms with Gasteiger partial charge in [0.15, 0.2) is 0 Å². The number of anilines is 1. The maximum atomic E-state index is 12.8. The second kappa shape index (κ2) is 4.72. The normalized spacial score (nSPS) is 22.3. The van der Waals surface area contributed by atoms with Gasteiger partial charge in [0.25, 0.3) is 0 Å². The molecule has 1 aromatic carbocycles. The maximum Gasteiger partial charge on any atom is 0.243 e. The van der Waals surface area contributed by atoms with E-state index < -0.39 is 15.6 Å². The summed E-state index contributed by atoms with van der Waals surface area (Å²) in [5, 5.41) is 3.23. The van der Waals surface area contributed by atoms with Crippen molar-refractivity contribution in [3.63, 3.8) is 0 Å². The molecular formula is C14H20N2O3S. The minimum absolute atomic E-state index is 0.362. The van der Waals surface area contributed by atoms with Crippen LogP contribution in [-0.2, 0) is 21.2 Å². The number of rotatable bonds is 2. The van der Waals surface area contributed by atoms with Gasteiger partial charge >= 0.3 is 0 Å². The maximum absolute atomic E-state index is 12.8. The zero-order valence-corrected chi connectivity index (χ0v) is 12.7. The third kappa shape index (κ3) is 2.21. The zero-order chi connectivity index (χ0) is 14.4. The van der Waals surface area contributed by atoms with E-state index in [1.54, 1.807) is 16.4 Å². The smallest absolute Gasteiger partial charge is 0.243 e. The summed E-state index contributed by atoms with van der Waals surface area (Å²) in [6.45, 7) is 5.95. The average Bonchev–Trinajstić information content (AvgIpc) is 2.84. The van der Waals surface area contributed by atoms with Gasteiger partial charge in [-0.2, -0.15) is 4.31 Å². The van der Waals surface area contributed by atoms with E-state index >= 15 is 0 Å². The van der Waals surface area contributed by atoms with E-state index in [0.717, 1.165) is 18.7 Å². The lowest BCUT2D eigenvalue weighted by atomic mass is 10.1. The van der Waals surface area contributed by atoms with Crippen LogP contribution in [0.3, 0.4) is 0 Å². The van der Waals surface area contributed by atoms with E-state index in [4.69, 9.17) is 4.74 Å². The number of sulfonamides is 1.